The molecule has 0 amide bonds. The van der Waals surface area contributed by atoms with E-state index in [0.717, 1.165) is 0 Å². The van der Waals surface area contributed by atoms with Gasteiger partial charge in [0, 0.05) is 16.3 Å². The van der Waals surface area contributed by atoms with Crippen molar-refractivity contribution in [3.8, 4) is 0 Å². The molecule has 0 aliphatic rings. The highest BCUT2D eigenvalue weighted by Crippen LogP contribution is 2.28. The van der Waals surface area contributed by atoms with Crippen molar-refractivity contribution >= 4 is 24.1 Å². The predicted octanol–water partition coefficient (Wildman–Crippen LogP) is 5.44. The van der Waals surface area contributed by atoms with E-state index < -0.39 is 0 Å². The number of hydrogen-bond acceptors (Lipinski definition) is 2. The molecule has 0 aliphatic heterocycles. The van der Waals surface area contributed by atoms with Gasteiger partial charge in [-0.1, -0.05) is 39.0 Å². The number of aliphatic imine (C=N–C) groups is 1. The summed E-state index contributed by atoms with van der Waals surface area (Å²) in [7, 11) is 0. The van der Waals surface area contributed by atoms with Gasteiger partial charge >= 0.3 is 0 Å². The number of hydrogen-bond donors (Lipinski definition) is 0. The molecule has 0 N–H and O–H groups in total. The molecule has 19 heavy (non-hydrogen) atoms. The van der Waals surface area contributed by atoms with Gasteiger partial charge < -0.3 is 0 Å². The van der Waals surface area contributed by atoms with Crippen molar-refractivity contribution in [3.05, 3.63) is 48.2 Å². The Hall–Kier alpha value is -1.28. The molecule has 0 saturated heterocycles. The second kappa shape index (κ2) is 8.00. The fourth-order valence-electron chi connectivity index (χ4n) is 1.49. The lowest BCUT2D eigenvalue weighted by Crippen LogP contribution is -2.04. The molecule has 1 atom stereocenters. The summed E-state index contributed by atoms with van der Waals surface area (Å²) in [5.74, 6) is 0.697. The zero-order chi connectivity index (χ0) is 14.3. The molecular weight excluding hydrogens is 250 g/mol. The Morgan fingerprint density at radius 1 is 1.21 bits per heavy atom. The van der Waals surface area contributed by atoms with Crippen LogP contribution in [0.15, 0.2) is 52.5 Å². The minimum atomic E-state index is 0.643. The third-order valence-electron chi connectivity index (χ3n) is 3.11. The highest BCUT2D eigenvalue weighted by Gasteiger charge is 2.08. The Morgan fingerprint density at radius 3 is 2.37 bits per heavy atom. The van der Waals surface area contributed by atoms with Crippen molar-refractivity contribution in [1.82, 2.24) is 0 Å². The average Bonchev–Trinajstić information content (AvgIpc) is 2.39. The van der Waals surface area contributed by atoms with Crippen LogP contribution in [0.3, 0.4) is 0 Å². The number of allylic oxidation sites excluding steroid dienone is 3. The molecule has 1 rings (SSSR count). The van der Waals surface area contributed by atoms with Gasteiger partial charge in [-0.3, -0.25) is 4.99 Å². The Balaban J connectivity index is 2.73. The molecule has 0 saturated carbocycles. The van der Waals surface area contributed by atoms with Crippen LogP contribution in [0, 0.1) is 5.92 Å². The molecule has 0 unspecified atom stereocenters. The molecule has 102 valence electrons. The highest BCUT2D eigenvalue weighted by atomic mass is 32.2. The van der Waals surface area contributed by atoms with Crippen LogP contribution in [0.4, 0.5) is 0 Å². The molecule has 2 heteroatoms. The molecule has 1 aromatic carbocycles. The van der Waals surface area contributed by atoms with Gasteiger partial charge in [-0.15, -0.1) is 11.8 Å². The van der Waals surface area contributed by atoms with E-state index in [-0.39, 0.29) is 0 Å². The highest BCUT2D eigenvalue weighted by molar-refractivity contribution is 8.00. The fourth-order valence-corrected chi connectivity index (χ4v) is 2.49. The number of thioether (sulfide) groups is 1. The van der Waals surface area contributed by atoms with Crippen molar-refractivity contribution in [1.29, 1.82) is 0 Å². The Morgan fingerprint density at radius 2 is 1.84 bits per heavy atom. The molecule has 0 aliphatic carbocycles. The average molecular weight is 273 g/mol. The van der Waals surface area contributed by atoms with Crippen LogP contribution >= 0.6 is 11.8 Å². The minimum absolute atomic E-state index is 0.643. The zero-order valence-corrected chi connectivity index (χ0v) is 13.1. The SMILES string of the molecule is C=N/C=C\C=C(/C)c1ccc(S[C@@H](C)C(C)C)cc1. The molecule has 0 aromatic heterocycles. The van der Waals surface area contributed by atoms with Crippen molar-refractivity contribution in [3.63, 3.8) is 0 Å². The minimum Gasteiger partial charge on any atom is -0.273 e. The third kappa shape index (κ3) is 5.48. The normalized spacial score (nSPS) is 14.1. The van der Waals surface area contributed by atoms with Crippen LogP contribution < -0.4 is 0 Å². The van der Waals surface area contributed by atoms with E-state index in [9.17, 15) is 0 Å². The van der Waals surface area contributed by atoms with Crippen molar-refractivity contribution in [2.24, 2.45) is 10.9 Å². The van der Waals surface area contributed by atoms with E-state index in [1.54, 1.807) is 6.20 Å². The Kier molecular flexibility index (Phi) is 6.65. The van der Waals surface area contributed by atoms with Crippen LogP contribution in [0.5, 0.6) is 0 Å². The van der Waals surface area contributed by atoms with Crippen LogP contribution in [-0.4, -0.2) is 12.0 Å². The number of nitrogens with zero attached hydrogens (tertiary/aromatic N) is 1. The summed E-state index contributed by atoms with van der Waals surface area (Å²) in [4.78, 5) is 5.02. The van der Waals surface area contributed by atoms with E-state index in [2.05, 4.69) is 63.7 Å². The maximum Gasteiger partial charge on any atom is 0.0260 e. The van der Waals surface area contributed by atoms with E-state index in [1.807, 2.05) is 23.9 Å². The van der Waals surface area contributed by atoms with Crippen LogP contribution in [-0.2, 0) is 0 Å². The van der Waals surface area contributed by atoms with Gasteiger partial charge in [-0.25, -0.2) is 0 Å². The standard InChI is InChI=1S/C17H23NS/c1-13(2)15(4)19-17-10-8-16(9-11-17)14(3)7-6-12-18-5/h6-13,15H,5H2,1-4H3/b12-6-,14-7+/t15-/m0/s1. The quantitative estimate of drug-likeness (QED) is 0.382. The molecule has 1 aromatic rings. The number of benzene rings is 1. The van der Waals surface area contributed by atoms with E-state index in [0.29, 0.717) is 11.2 Å². The maximum atomic E-state index is 3.69. The summed E-state index contributed by atoms with van der Waals surface area (Å²) < 4.78 is 0. The van der Waals surface area contributed by atoms with E-state index in [4.69, 9.17) is 0 Å². The fraction of sp³-hybridized carbons (Fsp3) is 0.353. The second-order valence-electron chi connectivity index (χ2n) is 4.97. The lowest BCUT2D eigenvalue weighted by atomic mass is 10.1. The van der Waals surface area contributed by atoms with Gasteiger partial charge in [-0.2, -0.15) is 0 Å². The first-order valence-electron chi connectivity index (χ1n) is 6.61. The summed E-state index contributed by atoms with van der Waals surface area (Å²) in [5, 5.41) is 0.643. The van der Waals surface area contributed by atoms with Gasteiger partial charge in [-0.05, 0) is 48.9 Å². The third-order valence-corrected chi connectivity index (χ3v) is 4.57. The van der Waals surface area contributed by atoms with Gasteiger partial charge in [0.25, 0.3) is 0 Å². The summed E-state index contributed by atoms with van der Waals surface area (Å²) in [6, 6.07) is 8.75. The topological polar surface area (TPSA) is 12.4 Å². The van der Waals surface area contributed by atoms with Crippen molar-refractivity contribution in [2.45, 2.75) is 37.8 Å². The summed E-state index contributed by atoms with van der Waals surface area (Å²) in [6.45, 7) is 12.3. The Bertz CT molecular complexity index is 455. The zero-order valence-electron chi connectivity index (χ0n) is 12.3. The molecule has 0 heterocycles. The molecule has 0 bridgehead atoms. The van der Waals surface area contributed by atoms with Crippen LogP contribution in [0.1, 0.15) is 33.3 Å². The molecule has 0 spiro atoms. The maximum absolute atomic E-state index is 3.69. The largest absolute Gasteiger partial charge is 0.273 e. The first-order chi connectivity index (χ1) is 9.04. The summed E-state index contributed by atoms with van der Waals surface area (Å²) in [5.41, 5.74) is 2.48. The van der Waals surface area contributed by atoms with Crippen LogP contribution in [0.2, 0.25) is 0 Å². The predicted molar refractivity (Wildman–Crippen MR) is 88.9 cm³/mol. The second-order valence-corrected chi connectivity index (χ2v) is 6.42. The van der Waals surface area contributed by atoms with Gasteiger partial charge in [0.05, 0.1) is 0 Å². The first-order valence-corrected chi connectivity index (χ1v) is 7.49. The number of rotatable bonds is 6. The van der Waals surface area contributed by atoms with Crippen LogP contribution in [0.25, 0.3) is 5.57 Å². The molecule has 0 fully saturated rings. The monoisotopic (exact) mass is 273 g/mol. The lowest BCUT2D eigenvalue weighted by molar-refractivity contribution is 0.642. The molecule has 1 nitrogen and oxygen atoms in total. The Labute approximate surface area is 121 Å². The molecular formula is C17H23NS. The van der Waals surface area contributed by atoms with Crippen molar-refractivity contribution < 1.29 is 0 Å². The van der Waals surface area contributed by atoms with Gasteiger partial charge in [0.15, 0.2) is 0 Å². The lowest BCUT2D eigenvalue weighted by Gasteiger charge is -2.15. The van der Waals surface area contributed by atoms with E-state index >= 15 is 0 Å². The van der Waals surface area contributed by atoms with Crippen molar-refractivity contribution in [2.75, 3.05) is 0 Å². The van der Waals surface area contributed by atoms with E-state index in [1.165, 1.54) is 16.0 Å². The van der Waals surface area contributed by atoms with Gasteiger partial charge in [0.1, 0.15) is 0 Å². The first kappa shape index (κ1) is 15.8. The van der Waals surface area contributed by atoms with Gasteiger partial charge in [0.2, 0.25) is 0 Å². The summed E-state index contributed by atoms with van der Waals surface area (Å²) >= 11 is 1.94. The smallest absolute Gasteiger partial charge is 0.0260 e. The summed E-state index contributed by atoms with van der Waals surface area (Å²) in [6.07, 6.45) is 5.65. The molecule has 0 radical (unpaired) electrons.